The van der Waals surface area contributed by atoms with Gasteiger partial charge in [-0.2, -0.15) is 0 Å². The molecule has 2 heterocycles. The van der Waals surface area contributed by atoms with E-state index in [9.17, 15) is 13.2 Å². The highest BCUT2D eigenvalue weighted by molar-refractivity contribution is 7.91. The number of para-hydroxylation sites is 1. The van der Waals surface area contributed by atoms with E-state index in [1.807, 2.05) is 55.5 Å². The highest BCUT2D eigenvalue weighted by Gasteiger charge is 2.54. The van der Waals surface area contributed by atoms with E-state index in [4.69, 9.17) is 0 Å². The molecular formula is C20H22N2O3S. The molecule has 4 rings (SSSR count). The number of rotatable bonds is 3. The molecule has 2 aliphatic heterocycles. The van der Waals surface area contributed by atoms with Crippen LogP contribution in [0.3, 0.4) is 0 Å². The minimum Gasteiger partial charge on any atom is -0.288 e. The number of anilines is 2. The fraction of sp³-hybridized carbons (Fsp3) is 0.350. The van der Waals surface area contributed by atoms with Crippen LogP contribution in [-0.2, 0) is 16.3 Å². The topological polar surface area (TPSA) is 57.7 Å². The number of hydrogen-bond acceptors (Lipinski definition) is 3. The molecule has 0 N–H and O–H groups in total. The van der Waals surface area contributed by atoms with E-state index in [0.717, 1.165) is 23.4 Å². The number of aryl methyl sites for hydroxylation is 2. The molecule has 2 aliphatic rings. The summed E-state index contributed by atoms with van der Waals surface area (Å²) in [5, 5.41) is 0. The van der Waals surface area contributed by atoms with Gasteiger partial charge in [0.15, 0.2) is 9.84 Å². The highest BCUT2D eigenvalue weighted by atomic mass is 32.2. The summed E-state index contributed by atoms with van der Waals surface area (Å²) in [7, 11) is -3.17. The second kappa shape index (κ2) is 6.13. The number of amides is 2. The lowest BCUT2D eigenvalue weighted by Crippen LogP contribution is -2.38. The van der Waals surface area contributed by atoms with Crippen molar-refractivity contribution in [2.75, 3.05) is 21.3 Å². The van der Waals surface area contributed by atoms with Crippen LogP contribution in [0, 0.1) is 6.92 Å². The van der Waals surface area contributed by atoms with Crippen molar-refractivity contribution < 1.29 is 13.2 Å². The average Bonchev–Trinajstić information content (AvgIpc) is 3.05. The molecule has 2 aromatic carbocycles. The van der Waals surface area contributed by atoms with Gasteiger partial charge in [-0.1, -0.05) is 37.3 Å². The van der Waals surface area contributed by atoms with Crippen LogP contribution in [0.4, 0.5) is 16.2 Å². The molecule has 0 radical (unpaired) electrons. The largest absolute Gasteiger partial charge is 0.329 e. The number of hydrogen-bond donors (Lipinski definition) is 0. The Hall–Kier alpha value is -2.34. The maximum atomic E-state index is 13.3. The summed E-state index contributed by atoms with van der Waals surface area (Å²) in [6.07, 6.45) is 0.921. The van der Waals surface area contributed by atoms with Gasteiger partial charge in [-0.05, 0) is 42.7 Å². The Labute approximate surface area is 154 Å². The van der Waals surface area contributed by atoms with E-state index in [-0.39, 0.29) is 29.6 Å². The van der Waals surface area contributed by atoms with E-state index in [1.165, 1.54) is 5.56 Å². The van der Waals surface area contributed by atoms with Crippen molar-refractivity contribution in [3.8, 4) is 0 Å². The van der Waals surface area contributed by atoms with Crippen LogP contribution in [0.1, 0.15) is 18.1 Å². The minimum atomic E-state index is -3.17. The van der Waals surface area contributed by atoms with Crippen molar-refractivity contribution in [1.29, 1.82) is 0 Å². The Morgan fingerprint density at radius 1 is 0.962 bits per heavy atom. The summed E-state index contributed by atoms with van der Waals surface area (Å²) in [5.41, 5.74) is 3.70. The van der Waals surface area contributed by atoms with Gasteiger partial charge >= 0.3 is 6.03 Å². The van der Waals surface area contributed by atoms with Gasteiger partial charge in [-0.25, -0.2) is 13.2 Å². The van der Waals surface area contributed by atoms with E-state index < -0.39 is 9.84 Å². The van der Waals surface area contributed by atoms with E-state index >= 15 is 0 Å². The third kappa shape index (κ3) is 2.69. The van der Waals surface area contributed by atoms with Crippen molar-refractivity contribution in [1.82, 2.24) is 0 Å². The van der Waals surface area contributed by atoms with Gasteiger partial charge in [0.05, 0.1) is 23.6 Å². The first-order valence-corrected chi connectivity index (χ1v) is 10.7. The fourth-order valence-corrected chi connectivity index (χ4v) is 5.93. The zero-order valence-electron chi connectivity index (χ0n) is 14.9. The van der Waals surface area contributed by atoms with Gasteiger partial charge < -0.3 is 0 Å². The lowest BCUT2D eigenvalue weighted by Gasteiger charge is -2.24. The lowest BCUT2D eigenvalue weighted by molar-refractivity contribution is 0.255. The van der Waals surface area contributed by atoms with Gasteiger partial charge in [-0.3, -0.25) is 9.80 Å². The number of nitrogens with zero attached hydrogens (tertiary/aromatic N) is 2. The Morgan fingerprint density at radius 2 is 1.58 bits per heavy atom. The predicted octanol–water partition coefficient (Wildman–Crippen LogP) is 3.17. The zero-order chi connectivity index (χ0) is 18.5. The Bertz CT molecular complexity index is 953. The van der Waals surface area contributed by atoms with Crippen molar-refractivity contribution in [3.05, 3.63) is 59.7 Å². The normalized spacial score (nSPS) is 24.2. The van der Waals surface area contributed by atoms with Gasteiger partial charge in [0.1, 0.15) is 0 Å². The van der Waals surface area contributed by atoms with Crippen molar-refractivity contribution in [2.24, 2.45) is 0 Å². The zero-order valence-corrected chi connectivity index (χ0v) is 15.7. The second-order valence-corrected chi connectivity index (χ2v) is 9.19. The van der Waals surface area contributed by atoms with Crippen molar-refractivity contribution >= 4 is 27.2 Å². The van der Waals surface area contributed by atoms with Gasteiger partial charge in [0.25, 0.3) is 0 Å². The Kier molecular flexibility index (Phi) is 4.03. The first-order valence-electron chi connectivity index (χ1n) is 8.88. The Morgan fingerprint density at radius 3 is 2.19 bits per heavy atom. The monoisotopic (exact) mass is 370 g/mol. The number of carbonyl (C=O) groups excluding carboxylic acids is 1. The summed E-state index contributed by atoms with van der Waals surface area (Å²) in [5.74, 6) is 0.0304. The summed E-state index contributed by atoms with van der Waals surface area (Å²) < 4.78 is 24.7. The number of carbonyl (C=O) groups is 1. The quantitative estimate of drug-likeness (QED) is 0.780. The maximum absolute atomic E-state index is 13.3. The first-order chi connectivity index (χ1) is 12.4. The molecule has 136 valence electrons. The highest BCUT2D eigenvalue weighted by Crippen LogP contribution is 2.38. The lowest BCUT2D eigenvalue weighted by atomic mass is 10.1. The van der Waals surface area contributed by atoms with Crippen LogP contribution >= 0.6 is 0 Å². The molecule has 0 spiro atoms. The van der Waals surface area contributed by atoms with Crippen LogP contribution in [0.2, 0.25) is 0 Å². The molecule has 26 heavy (non-hydrogen) atoms. The fourth-order valence-electron chi connectivity index (χ4n) is 4.01. The molecule has 2 fully saturated rings. The molecular weight excluding hydrogens is 348 g/mol. The first kappa shape index (κ1) is 17.1. The average molecular weight is 370 g/mol. The molecule has 0 unspecified atom stereocenters. The van der Waals surface area contributed by atoms with E-state index in [2.05, 4.69) is 6.92 Å². The van der Waals surface area contributed by atoms with Crippen LogP contribution in [0.5, 0.6) is 0 Å². The summed E-state index contributed by atoms with van der Waals surface area (Å²) >= 11 is 0. The third-order valence-corrected chi connectivity index (χ3v) is 7.07. The minimum absolute atomic E-state index is 0.0152. The molecule has 2 saturated heterocycles. The van der Waals surface area contributed by atoms with Crippen LogP contribution in [0.15, 0.2) is 48.5 Å². The molecule has 2 atom stereocenters. The predicted molar refractivity (Wildman–Crippen MR) is 104 cm³/mol. The molecule has 2 aromatic rings. The summed E-state index contributed by atoms with van der Waals surface area (Å²) in [6.45, 7) is 4.02. The number of benzene rings is 2. The van der Waals surface area contributed by atoms with E-state index in [0.29, 0.717) is 0 Å². The standard InChI is InChI=1S/C20H22N2O3S/c1-3-15-8-10-16(11-9-15)21-18-12-26(24,25)13-19(18)22(20(21)23)17-7-5-4-6-14(17)2/h4-11,18-19H,3,12-13H2,1-2H3/t18-,19-/m1/s1. The second-order valence-electron chi connectivity index (χ2n) is 7.04. The molecule has 0 aliphatic carbocycles. The third-order valence-electron chi connectivity index (χ3n) is 5.37. The van der Waals surface area contributed by atoms with Gasteiger partial charge in [-0.15, -0.1) is 0 Å². The number of fused-ring (bicyclic) bond motifs is 1. The van der Waals surface area contributed by atoms with Crippen LogP contribution < -0.4 is 9.80 Å². The van der Waals surface area contributed by atoms with Crippen molar-refractivity contribution in [3.63, 3.8) is 0 Å². The molecule has 6 heteroatoms. The molecule has 0 aromatic heterocycles. The van der Waals surface area contributed by atoms with Gasteiger partial charge in [0, 0.05) is 11.4 Å². The van der Waals surface area contributed by atoms with E-state index in [1.54, 1.807) is 9.80 Å². The Balaban J connectivity index is 1.80. The smallest absolute Gasteiger partial charge is 0.288 e. The SMILES string of the molecule is CCc1ccc(N2C(=O)N(c3ccccc3C)[C@@H]3CS(=O)(=O)C[C@H]32)cc1. The van der Waals surface area contributed by atoms with Crippen molar-refractivity contribution in [2.45, 2.75) is 32.4 Å². The summed E-state index contributed by atoms with van der Waals surface area (Å²) in [4.78, 5) is 16.6. The molecule has 0 bridgehead atoms. The summed E-state index contributed by atoms with van der Waals surface area (Å²) in [6, 6.07) is 14.6. The van der Waals surface area contributed by atoms with Gasteiger partial charge in [0.2, 0.25) is 0 Å². The maximum Gasteiger partial charge on any atom is 0.329 e. The number of urea groups is 1. The number of sulfone groups is 1. The van der Waals surface area contributed by atoms with Crippen LogP contribution in [0.25, 0.3) is 0 Å². The molecule has 2 amide bonds. The van der Waals surface area contributed by atoms with Crippen LogP contribution in [-0.4, -0.2) is 38.0 Å². The molecule has 0 saturated carbocycles. The molecule has 5 nitrogen and oxygen atoms in total.